The van der Waals surface area contributed by atoms with Crippen molar-refractivity contribution >= 4 is 10.9 Å². The van der Waals surface area contributed by atoms with E-state index in [-0.39, 0.29) is 11.6 Å². The molecule has 1 saturated carbocycles. The summed E-state index contributed by atoms with van der Waals surface area (Å²) < 4.78 is 12.6. The van der Waals surface area contributed by atoms with E-state index in [1.807, 2.05) is 53.2 Å². The van der Waals surface area contributed by atoms with Crippen molar-refractivity contribution in [3.63, 3.8) is 0 Å². The van der Waals surface area contributed by atoms with Crippen LogP contribution in [0.3, 0.4) is 0 Å². The number of benzene rings is 2. The van der Waals surface area contributed by atoms with Gasteiger partial charge in [0.25, 0.3) is 5.56 Å². The molecule has 9 heteroatoms. The topological polar surface area (TPSA) is 98.2 Å². The standard InChI is InChI=1S/C28H34N6O3/c1-4-26(27-30-31-32-34(27)17-19-9-11-23(36-2)12-10-19)33(22-7-5-6-8-22)18-21-15-20-16-24(37-3)13-14-25(20)29-28(21)35/h9-16,22,26H,4-8,17-18H2,1-3H3,(H,29,35)/t26-/m1/s1. The minimum atomic E-state index is -0.0617. The molecule has 2 aromatic carbocycles. The zero-order valence-corrected chi connectivity index (χ0v) is 21.7. The summed E-state index contributed by atoms with van der Waals surface area (Å²) in [6.45, 7) is 3.26. The smallest absolute Gasteiger partial charge is 0.252 e. The number of ether oxygens (including phenoxy) is 2. The number of hydrogen-bond donors (Lipinski definition) is 1. The number of nitrogens with zero attached hydrogens (tertiary/aromatic N) is 5. The first-order valence-corrected chi connectivity index (χ1v) is 12.9. The quantitative estimate of drug-likeness (QED) is 0.341. The van der Waals surface area contributed by atoms with Crippen LogP contribution in [0, 0.1) is 0 Å². The van der Waals surface area contributed by atoms with E-state index in [2.05, 4.69) is 32.3 Å². The highest BCUT2D eigenvalue weighted by molar-refractivity contribution is 5.80. The predicted octanol–water partition coefficient (Wildman–Crippen LogP) is 4.48. The summed E-state index contributed by atoms with van der Waals surface area (Å²) in [4.78, 5) is 18.6. The molecule has 5 rings (SSSR count). The first kappa shape index (κ1) is 25.0. The zero-order chi connectivity index (χ0) is 25.8. The first-order valence-electron chi connectivity index (χ1n) is 12.9. The first-order chi connectivity index (χ1) is 18.1. The highest BCUT2D eigenvalue weighted by Crippen LogP contribution is 2.34. The Bertz CT molecular complexity index is 1390. The number of tetrazole rings is 1. The van der Waals surface area contributed by atoms with Crippen molar-refractivity contribution in [2.24, 2.45) is 0 Å². The monoisotopic (exact) mass is 502 g/mol. The number of methoxy groups -OCH3 is 2. The summed E-state index contributed by atoms with van der Waals surface area (Å²) in [5.74, 6) is 2.41. The van der Waals surface area contributed by atoms with Crippen molar-refractivity contribution < 1.29 is 9.47 Å². The fourth-order valence-corrected chi connectivity index (χ4v) is 5.43. The van der Waals surface area contributed by atoms with Gasteiger partial charge in [0.1, 0.15) is 11.5 Å². The van der Waals surface area contributed by atoms with Crippen LogP contribution >= 0.6 is 0 Å². The molecule has 0 bridgehead atoms. The summed E-state index contributed by atoms with van der Waals surface area (Å²) in [6, 6.07) is 16.0. The van der Waals surface area contributed by atoms with Crippen LogP contribution in [0.15, 0.2) is 53.3 Å². The van der Waals surface area contributed by atoms with Crippen LogP contribution < -0.4 is 15.0 Å². The molecule has 0 spiro atoms. The molecule has 1 fully saturated rings. The van der Waals surface area contributed by atoms with Gasteiger partial charge < -0.3 is 14.5 Å². The van der Waals surface area contributed by atoms with Gasteiger partial charge in [-0.3, -0.25) is 9.69 Å². The molecule has 1 aliphatic rings. The fraction of sp³-hybridized carbons (Fsp3) is 0.429. The number of aromatic amines is 1. The van der Waals surface area contributed by atoms with Gasteiger partial charge in [0.2, 0.25) is 0 Å². The second-order valence-corrected chi connectivity index (χ2v) is 9.65. The van der Waals surface area contributed by atoms with Crippen LogP contribution in [0.5, 0.6) is 11.5 Å². The third-order valence-electron chi connectivity index (χ3n) is 7.41. The van der Waals surface area contributed by atoms with Crippen LogP contribution in [-0.2, 0) is 13.1 Å². The van der Waals surface area contributed by atoms with E-state index in [4.69, 9.17) is 9.47 Å². The molecular weight excluding hydrogens is 468 g/mol. The van der Waals surface area contributed by atoms with Crippen molar-refractivity contribution in [3.05, 3.63) is 75.8 Å². The number of hydrogen-bond acceptors (Lipinski definition) is 7. The summed E-state index contributed by atoms with van der Waals surface area (Å²) in [6.07, 6.45) is 5.43. The maximum absolute atomic E-state index is 13.1. The molecule has 1 atom stereocenters. The molecular formula is C28H34N6O3. The van der Waals surface area contributed by atoms with Gasteiger partial charge in [0.15, 0.2) is 5.82 Å². The molecule has 37 heavy (non-hydrogen) atoms. The molecule has 9 nitrogen and oxygen atoms in total. The number of H-pyrrole nitrogens is 1. The lowest BCUT2D eigenvalue weighted by Gasteiger charge is -2.35. The van der Waals surface area contributed by atoms with Crippen molar-refractivity contribution in [3.8, 4) is 11.5 Å². The molecule has 1 N–H and O–H groups in total. The average Bonchev–Trinajstić information content (AvgIpc) is 3.62. The van der Waals surface area contributed by atoms with Gasteiger partial charge in [-0.15, -0.1) is 5.10 Å². The Hall–Kier alpha value is -3.72. The summed E-state index contributed by atoms with van der Waals surface area (Å²) >= 11 is 0. The van der Waals surface area contributed by atoms with E-state index in [0.29, 0.717) is 19.1 Å². The van der Waals surface area contributed by atoms with Crippen LogP contribution in [0.2, 0.25) is 0 Å². The number of fused-ring (bicyclic) bond motifs is 1. The van der Waals surface area contributed by atoms with Gasteiger partial charge >= 0.3 is 0 Å². The molecule has 0 aliphatic heterocycles. The lowest BCUT2D eigenvalue weighted by Crippen LogP contribution is -2.39. The Morgan fingerprint density at radius 3 is 2.49 bits per heavy atom. The second kappa shape index (κ2) is 11.1. The van der Waals surface area contributed by atoms with Gasteiger partial charge in [-0.1, -0.05) is 31.9 Å². The van der Waals surface area contributed by atoms with E-state index < -0.39 is 0 Å². The normalized spacial score (nSPS) is 14.9. The highest BCUT2D eigenvalue weighted by Gasteiger charge is 2.32. The predicted molar refractivity (Wildman–Crippen MR) is 142 cm³/mol. The maximum atomic E-state index is 13.1. The third-order valence-corrected chi connectivity index (χ3v) is 7.41. The summed E-state index contributed by atoms with van der Waals surface area (Å²) in [5.41, 5.74) is 2.57. The minimum absolute atomic E-state index is 0.0169. The number of pyridine rings is 1. The fourth-order valence-electron chi connectivity index (χ4n) is 5.43. The van der Waals surface area contributed by atoms with Crippen LogP contribution in [0.4, 0.5) is 0 Å². The molecule has 1 aliphatic carbocycles. The average molecular weight is 503 g/mol. The van der Waals surface area contributed by atoms with E-state index in [9.17, 15) is 4.79 Å². The number of aromatic nitrogens is 5. The van der Waals surface area contributed by atoms with Crippen LogP contribution in [-0.4, -0.2) is 50.4 Å². The lowest BCUT2D eigenvalue weighted by atomic mass is 10.0. The largest absolute Gasteiger partial charge is 0.497 e. The van der Waals surface area contributed by atoms with Crippen molar-refractivity contribution in [2.45, 2.75) is 64.2 Å². The van der Waals surface area contributed by atoms with Gasteiger partial charge in [-0.25, -0.2) is 4.68 Å². The van der Waals surface area contributed by atoms with Crippen LogP contribution in [0.25, 0.3) is 10.9 Å². The van der Waals surface area contributed by atoms with Crippen molar-refractivity contribution in [1.82, 2.24) is 30.1 Å². The Kier molecular flexibility index (Phi) is 7.50. The molecule has 0 radical (unpaired) electrons. The molecule has 0 unspecified atom stereocenters. The Balaban J connectivity index is 1.47. The Morgan fingerprint density at radius 2 is 1.78 bits per heavy atom. The van der Waals surface area contributed by atoms with Gasteiger partial charge in [0.05, 0.1) is 26.8 Å². The molecule has 4 aromatic rings. The van der Waals surface area contributed by atoms with Crippen molar-refractivity contribution in [1.29, 1.82) is 0 Å². The van der Waals surface area contributed by atoms with Gasteiger partial charge in [-0.2, -0.15) is 0 Å². The van der Waals surface area contributed by atoms with Crippen LogP contribution in [0.1, 0.15) is 62.0 Å². The summed E-state index contributed by atoms with van der Waals surface area (Å²) in [7, 11) is 3.31. The van der Waals surface area contributed by atoms with E-state index >= 15 is 0 Å². The SMILES string of the molecule is CC[C@H](c1nnnn1Cc1ccc(OC)cc1)N(Cc1cc2cc(OC)ccc2[nH]c1=O)C1CCCC1. The number of rotatable bonds is 10. The Morgan fingerprint density at radius 1 is 1.05 bits per heavy atom. The molecule has 2 heterocycles. The molecule has 0 saturated heterocycles. The van der Waals surface area contributed by atoms with E-state index in [1.165, 1.54) is 12.8 Å². The number of nitrogens with one attached hydrogen (secondary N) is 1. The van der Waals surface area contributed by atoms with E-state index in [1.54, 1.807) is 14.2 Å². The Labute approximate surface area is 216 Å². The zero-order valence-electron chi connectivity index (χ0n) is 21.7. The molecule has 2 aromatic heterocycles. The van der Waals surface area contributed by atoms with Crippen molar-refractivity contribution in [2.75, 3.05) is 14.2 Å². The minimum Gasteiger partial charge on any atom is -0.497 e. The maximum Gasteiger partial charge on any atom is 0.252 e. The second-order valence-electron chi connectivity index (χ2n) is 9.65. The van der Waals surface area contributed by atoms with E-state index in [0.717, 1.165) is 58.6 Å². The highest BCUT2D eigenvalue weighted by atomic mass is 16.5. The lowest BCUT2D eigenvalue weighted by molar-refractivity contribution is 0.112. The van der Waals surface area contributed by atoms with Gasteiger partial charge in [-0.05, 0) is 71.7 Å². The summed E-state index contributed by atoms with van der Waals surface area (Å²) in [5, 5.41) is 13.8. The third kappa shape index (κ3) is 5.36. The molecule has 194 valence electrons. The van der Waals surface area contributed by atoms with Gasteiger partial charge in [0, 0.05) is 29.1 Å². The molecule has 0 amide bonds.